The van der Waals surface area contributed by atoms with Crippen molar-refractivity contribution >= 4 is 21.2 Å². The molecule has 0 amide bonds. The van der Waals surface area contributed by atoms with Gasteiger partial charge in [-0.25, -0.2) is 15.0 Å². The summed E-state index contributed by atoms with van der Waals surface area (Å²) < 4.78 is 60.2. The van der Waals surface area contributed by atoms with E-state index in [0.29, 0.717) is 29.5 Å². The third-order valence-corrected chi connectivity index (χ3v) is 6.21. The number of anilines is 1. The number of hydrogen-bond donors (Lipinski definition) is 1. The van der Waals surface area contributed by atoms with Gasteiger partial charge < -0.3 is 4.90 Å². The van der Waals surface area contributed by atoms with Gasteiger partial charge in [-0.15, -0.1) is 0 Å². The normalized spacial score (nSPS) is 19.7. The first-order valence-corrected chi connectivity index (χ1v) is 11.6. The summed E-state index contributed by atoms with van der Waals surface area (Å²) >= 11 is 0. The zero-order chi connectivity index (χ0) is 21.5. The van der Waals surface area contributed by atoms with Gasteiger partial charge in [-0.2, -0.15) is 13.2 Å². The Kier molecular flexibility index (Phi) is 5.16. The van der Waals surface area contributed by atoms with Crippen LogP contribution in [0.25, 0.3) is 17.2 Å². The standard InChI is InChI=1S/C19H21F3N6OS/c1-30(23,29)12-13-3-2-8-27(10-13)17-6-7-24-18(26-17)15-9-25-16-5-4-14(11-28(15)16)19(20,21)22/h4-7,9,11,13,23H,2-3,8,10,12H2,1H3. The van der Waals surface area contributed by atoms with Crippen LogP contribution >= 0.6 is 0 Å². The predicted molar refractivity (Wildman–Crippen MR) is 108 cm³/mol. The van der Waals surface area contributed by atoms with Gasteiger partial charge in [0.15, 0.2) is 5.82 Å². The summed E-state index contributed by atoms with van der Waals surface area (Å²) in [4.78, 5) is 15.0. The van der Waals surface area contributed by atoms with Crippen LogP contribution in [0.3, 0.4) is 0 Å². The number of aromatic nitrogens is 4. The molecule has 1 saturated heterocycles. The molecule has 0 radical (unpaired) electrons. The maximum atomic E-state index is 13.1. The Morgan fingerprint density at radius 2 is 2.07 bits per heavy atom. The maximum absolute atomic E-state index is 13.1. The second-order valence-electron chi connectivity index (χ2n) is 7.65. The van der Waals surface area contributed by atoms with E-state index in [2.05, 4.69) is 19.9 Å². The van der Waals surface area contributed by atoms with Crippen LogP contribution < -0.4 is 4.90 Å². The maximum Gasteiger partial charge on any atom is 0.417 e. The minimum absolute atomic E-state index is 0.136. The number of imidazole rings is 1. The van der Waals surface area contributed by atoms with Gasteiger partial charge in [0.05, 0.1) is 11.8 Å². The van der Waals surface area contributed by atoms with Crippen molar-refractivity contribution in [1.29, 1.82) is 4.78 Å². The second-order valence-corrected chi connectivity index (χ2v) is 9.99. The van der Waals surface area contributed by atoms with Crippen molar-refractivity contribution in [2.45, 2.75) is 19.0 Å². The molecule has 3 aromatic heterocycles. The highest BCUT2D eigenvalue weighted by molar-refractivity contribution is 7.91. The van der Waals surface area contributed by atoms with E-state index in [9.17, 15) is 17.4 Å². The molecule has 30 heavy (non-hydrogen) atoms. The highest BCUT2D eigenvalue weighted by Gasteiger charge is 2.31. The molecule has 0 saturated carbocycles. The van der Waals surface area contributed by atoms with Crippen molar-refractivity contribution in [2.24, 2.45) is 5.92 Å². The summed E-state index contributed by atoms with van der Waals surface area (Å²) in [7, 11) is -2.58. The zero-order valence-corrected chi connectivity index (χ0v) is 17.1. The minimum atomic E-state index is -4.46. The lowest BCUT2D eigenvalue weighted by Crippen LogP contribution is -2.38. The number of nitrogens with zero attached hydrogens (tertiary/aromatic N) is 5. The largest absolute Gasteiger partial charge is 0.417 e. The van der Waals surface area contributed by atoms with Gasteiger partial charge in [0.2, 0.25) is 0 Å². The SMILES string of the molecule is CS(=N)(=O)CC1CCCN(c2ccnc(-c3cnc4ccc(C(F)(F)F)cn34)n2)C1. The van der Waals surface area contributed by atoms with Gasteiger partial charge >= 0.3 is 6.18 Å². The van der Waals surface area contributed by atoms with Crippen molar-refractivity contribution in [2.75, 3.05) is 30.0 Å². The number of fused-ring (bicyclic) bond motifs is 1. The molecule has 7 nitrogen and oxygen atoms in total. The first kappa shape index (κ1) is 20.6. The smallest absolute Gasteiger partial charge is 0.356 e. The van der Waals surface area contributed by atoms with Crippen LogP contribution in [0, 0.1) is 10.7 Å². The fourth-order valence-corrected chi connectivity index (χ4v) is 4.99. The summed E-state index contributed by atoms with van der Waals surface area (Å²) in [5, 5.41) is 0. The average Bonchev–Trinajstić information content (AvgIpc) is 3.09. The zero-order valence-electron chi connectivity index (χ0n) is 16.3. The number of piperidine rings is 1. The lowest BCUT2D eigenvalue weighted by molar-refractivity contribution is -0.137. The van der Waals surface area contributed by atoms with Crippen LogP contribution in [0.2, 0.25) is 0 Å². The number of hydrogen-bond acceptors (Lipinski definition) is 6. The van der Waals surface area contributed by atoms with Gasteiger partial charge in [0.1, 0.15) is 17.2 Å². The van der Waals surface area contributed by atoms with Crippen molar-refractivity contribution in [1.82, 2.24) is 19.4 Å². The average molecular weight is 438 g/mol. The van der Waals surface area contributed by atoms with E-state index >= 15 is 0 Å². The molecule has 0 aliphatic carbocycles. The Bertz CT molecular complexity index is 1170. The summed E-state index contributed by atoms with van der Waals surface area (Å²) in [6.45, 7) is 1.40. The Labute approximate surface area is 172 Å². The van der Waals surface area contributed by atoms with Crippen molar-refractivity contribution < 1.29 is 17.4 Å². The van der Waals surface area contributed by atoms with Gasteiger partial charge in [-0.3, -0.25) is 13.4 Å². The topological polar surface area (TPSA) is 87.2 Å². The molecular formula is C19H21F3N6OS. The fourth-order valence-electron chi connectivity index (χ4n) is 3.82. The van der Waals surface area contributed by atoms with E-state index in [1.807, 2.05) is 0 Å². The minimum Gasteiger partial charge on any atom is -0.356 e. The first-order chi connectivity index (χ1) is 14.1. The first-order valence-electron chi connectivity index (χ1n) is 9.44. The van der Waals surface area contributed by atoms with E-state index in [4.69, 9.17) is 4.78 Å². The molecule has 1 N–H and O–H groups in total. The summed E-state index contributed by atoms with van der Waals surface area (Å²) in [5.41, 5.74) is -0.0322. The van der Waals surface area contributed by atoms with Gasteiger partial charge in [0, 0.05) is 47.2 Å². The van der Waals surface area contributed by atoms with Crippen LogP contribution in [-0.4, -0.2) is 48.7 Å². The molecule has 1 aliphatic heterocycles. The molecule has 2 atom stereocenters. The van der Waals surface area contributed by atoms with E-state index in [1.54, 1.807) is 12.3 Å². The third kappa shape index (κ3) is 4.40. The lowest BCUT2D eigenvalue weighted by Gasteiger charge is -2.33. The molecule has 1 aliphatic rings. The van der Waals surface area contributed by atoms with Crippen molar-refractivity contribution in [3.8, 4) is 11.5 Å². The number of alkyl halides is 3. The highest BCUT2D eigenvalue weighted by Crippen LogP contribution is 2.31. The predicted octanol–water partition coefficient (Wildman–Crippen LogP) is 3.70. The van der Waals surface area contributed by atoms with Gasteiger partial charge in [-0.05, 0) is 37.0 Å². The van der Waals surface area contributed by atoms with Crippen LogP contribution in [-0.2, 0) is 15.9 Å². The van der Waals surface area contributed by atoms with Crippen LogP contribution in [0.5, 0.6) is 0 Å². The van der Waals surface area contributed by atoms with Crippen LogP contribution in [0.4, 0.5) is 19.0 Å². The van der Waals surface area contributed by atoms with Gasteiger partial charge in [-0.1, -0.05) is 0 Å². The number of pyridine rings is 1. The van der Waals surface area contributed by atoms with E-state index < -0.39 is 21.5 Å². The molecule has 0 spiro atoms. The molecule has 3 aromatic rings. The van der Waals surface area contributed by atoms with Crippen LogP contribution in [0.1, 0.15) is 18.4 Å². The van der Waals surface area contributed by atoms with Crippen LogP contribution in [0.15, 0.2) is 36.8 Å². The summed E-state index contributed by atoms with van der Waals surface area (Å²) in [5.74, 6) is 1.41. The second kappa shape index (κ2) is 7.53. The van der Waals surface area contributed by atoms with Crippen molar-refractivity contribution in [3.63, 3.8) is 0 Å². The molecule has 4 heterocycles. The van der Waals surface area contributed by atoms with E-state index in [-0.39, 0.29) is 11.7 Å². The fraction of sp³-hybridized carbons (Fsp3) is 0.421. The Balaban J connectivity index is 1.65. The number of nitrogens with one attached hydrogen (secondary N) is 1. The summed E-state index contributed by atoms with van der Waals surface area (Å²) in [6, 6.07) is 4.06. The molecule has 4 rings (SSSR count). The van der Waals surface area contributed by atoms with E-state index in [1.165, 1.54) is 22.9 Å². The molecule has 160 valence electrons. The Morgan fingerprint density at radius 3 is 2.80 bits per heavy atom. The van der Waals surface area contributed by atoms with Gasteiger partial charge in [0.25, 0.3) is 0 Å². The highest BCUT2D eigenvalue weighted by atomic mass is 32.2. The third-order valence-electron chi connectivity index (χ3n) is 5.10. The lowest BCUT2D eigenvalue weighted by atomic mass is 10.0. The quantitative estimate of drug-likeness (QED) is 0.671. The molecule has 1 fully saturated rings. The number of halogens is 3. The monoisotopic (exact) mass is 438 g/mol. The molecule has 11 heteroatoms. The molecule has 2 unspecified atom stereocenters. The molecular weight excluding hydrogens is 417 g/mol. The Hall–Kier alpha value is -2.69. The number of rotatable bonds is 4. The molecule has 0 aromatic carbocycles. The summed E-state index contributed by atoms with van der Waals surface area (Å²) in [6.07, 6.45) is 2.82. The van der Waals surface area contributed by atoms with Crippen molar-refractivity contribution in [3.05, 3.63) is 42.4 Å². The van der Waals surface area contributed by atoms with E-state index in [0.717, 1.165) is 31.6 Å². The molecule has 0 bridgehead atoms. The Morgan fingerprint density at radius 1 is 1.27 bits per heavy atom.